The van der Waals surface area contributed by atoms with Crippen LogP contribution in [-0.4, -0.2) is 49.1 Å². The van der Waals surface area contributed by atoms with E-state index >= 15 is 0 Å². The van der Waals surface area contributed by atoms with Crippen LogP contribution in [0.4, 0.5) is 22.0 Å². The standard InChI is InChI=1S/C18H19F5N4O/c19-12-2-1-10(14(15(12)20)18(21,22)23)9-3-5-27(6-4-9)17(28)16-11-7-24-8-13(11)25-26-16/h1-2,9,11,13,16,24H,3-8H2. The average molecular weight is 402 g/mol. The van der Waals surface area contributed by atoms with Crippen molar-refractivity contribution in [3.8, 4) is 0 Å². The van der Waals surface area contributed by atoms with Gasteiger partial charge in [0.05, 0.1) is 11.6 Å². The van der Waals surface area contributed by atoms with E-state index in [9.17, 15) is 26.7 Å². The molecule has 0 saturated carbocycles. The number of benzene rings is 1. The van der Waals surface area contributed by atoms with Crippen LogP contribution in [0.1, 0.15) is 29.9 Å². The summed E-state index contributed by atoms with van der Waals surface area (Å²) in [6.45, 7) is 1.85. The zero-order chi connectivity index (χ0) is 20.1. The van der Waals surface area contributed by atoms with Crippen molar-refractivity contribution < 1.29 is 26.7 Å². The molecule has 5 nitrogen and oxygen atoms in total. The van der Waals surface area contributed by atoms with E-state index in [0.29, 0.717) is 13.1 Å². The summed E-state index contributed by atoms with van der Waals surface area (Å²) < 4.78 is 67.0. The van der Waals surface area contributed by atoms with Crippen LogP contribution in [0.3, 0.4) is 0 Å². The zero-order valence-corrected chi connectivity index (χ0v) is 14.8. The summed E-state index contributed by atoms with van der Waals surface area (Å²) in [6, 6.07) is 1.18. The Morgan fingerprint density at radius 1 is 1.11 bits per heavy atom. The van der Waals surface area contributed by atoms with Crippen molar-refractivity contribution in [2.24, 2.45) is 16.1 Å². The molecule has 4 rings (SSSR count). The van der Waals surface area contributed by atoms with Crippen molar-refractivity contribution in [3.63, 3.8) is 0 Å². The second-order valence-corrected chi connectivity index (χ2v) is 7.49. The normalized spacial score (nSPS) is 28.0. The molecule has 3 unspecified atom stereocenters. The van der Waals surface area contributed by atoms with Gasteiger partial charge in [0.1, 0.15) is 0 Å². The first kappa shape index (κ1) is 19.2. The Bertz CT molecular complexity index is 804. The highest BCUT2D eigenvalue weighted by atomic mass is 19.4. The van der Waals surface area contributed by atoms with E-state index in [1.54, 1.807) is 4.90 Å². The summed E-state index contributed by atoms with van der Waals surface area (Å²) in [5.41, 5.74) is -1.79. The van der Waals surface area contributed by atoms with Crippen LogP contribution in [0.5, 0.6) is 0 Å². The highest BCUT2D eigenvalue weighted by molar-refractivity contribution is 5.83. The molecule has 3 aliphatic heterocycles. The summed E-state index contributed by atoms with van der Waals surface area (Å²) in [5, 5.41) is 11.4. The van der Waals surface area contributed by atoms with Gasteiger partial charge in [-0.3, -0.25) is 4.79 Å². The third-order valence-corrected chi connectivity index (χ3v) is 5.88. The fraction of sp³-hybridized carbons (Fsp3) is 0.611. The first-order valence-electron chi connectivity index (χ1n) is 9.22. The fourth-order valence-corrected chi connectivity index (χ4v) is 4.40. The van der Waals surface area contributed by atoms with E-state index < -0.39 is 35.3 Å². The smallest absolute Gasteiger partial charge is 0.341 e. The number of amides is 1. The lowest BCUT2D eigenvalue weighted by molar-refractivity contribution is -0.141. The highest BCUT2D eigenvalue weighted by Crippen LogP contribution is 2.41. The molecule has 152 valence electrons. The van der Waals surface area contributed by atoms with Crippen molar-refractivity contribution in [2.45, 2.75) is 37.0 Å². The van der Waals surface area contributed by atoms with Gasteiger partial charge in [-0.25, -0.2) is 8.78 Å². The number of fused-ring (bicyclic) bond motifs is 1. The van der Waals surface area contributed by atoms with E-state index in [-0.39, 0.29) is 49.4 Å². The number of nitrogens with zero attached hydrogens (tertiary/aromatic N) is 3. The Morgan fingerprint density at radius 3 is 2.50 bits per heavy atom. The lowest BCUT2D eigenvalue weighted by atomic mass is 9.85. The summed E-state index contributed by atoms with van der Waals surface area (Å²) >= 11 is 0. The van der Waals surface area contributed by atoms with Crippen LogP contribution in [0.2, 0.25) is 0 Å². The van der Waals surface area contributed by atoms with Gasteiger partial charge in [-0.2, -0.15) is 23.4 Å². The molecule has 10 heteroatoms. The zero-order valence-electron chi connectivity index (χ0n) is 14.8. The molecule has 3 atom stereocenters. The maximum atomic E-state index is 13.9. The molecule has 1 aromatic carbocycles. The quantitative estimate of drug-likeness (QED) is 0.773. The van der Waals surface area contributed by atoms with Crippen molar-refractivity contribution in [1.82, 2.24) is 10.2 Å². The van der Waals surface area contributed by atoms with Gasteiger partial charge in [-0.1, -0.05) is 6.07 Å². The van der Waals surface area contributed by atoms with E-state index in [4.69, 9.17) is 0 Å². The highest BCUT2D eigenvalue weighted by Gasteiger charge is 2.45. The van der Waals surface area contributed by atoms with Gasteiger partial charge in [0.15, 0.2) is 17.7 Å². The van der Waals surface area contributed by atoms with Gasteiger partial charge < -0.3 is 10.2 Å². The van der Waals surface area contributed by atoms with E-state index in [1.165, 1.54) is 0 Å². The predicted octanol–water partition coefficient (Wildman–Crippen LogP) is 3.11. The maximum Gasteiger partial charge on any atom is 0.419 e. The molecule has 0 radical (unpaired) electrons. The number of rotatable bonds is 2. The van der Waals surface area contributed by atoms with Gasteiger partial charge in [-0.15, -0.1) is 0 Å². The number of hydrogen-bond donors (Lipinski definition) is 1. The van der Waals surface area contributed by atoms with Crippen molar-refractivity contribution in [1.29, 1.82) is 0 Å². The molecule has 28 heavy (non-hydrogen) atoms. The molecule has 0 spiro atoms. The molecule has 0 bridgehead atoms. The summed E-state index contributed by atoms with van der Waals surface area (Å²) in [7, 11) is 0. The molecule has 3 heterocycles. The molecule has 1 aromatic rings. The predicted molar refractivity (Wildman–Crippen MR) is 88.7 cm³/mol. The number of piperidine rings is 1. The number of likely N-dealkylation sites (tertiary alicyclic amines) is 1. The van der Waals surface area contributed by atoms with Crippen LogP contribution in [0, 0.1) is 17.6 Å². The van der Waals surface area contributed by atoms with Crippen molar-refractivity contribution >= 4 is 5.91 Å². The molecule has 0 aromatic heterocycles. The Balaban J connectivity index is 1.47. The van der Waals surface area contributed by atoms with E-state index in [2.05, 4.69) is 15.5 Å². The van der Waals surface area contributed by atoms with Gasteiger partial charge in [0.25, 0.3) is 0 Å². The SMILES string of the molecule is O=C(C1N=NC2CNCC21)N1CCC(c2ccc(F)c(F)c2C(F)(F)F)CC1. The van der Waals surface area contributed by atoms with E-state index in [1.807, 2.05) is 0 Å². The lowest BCUT2D eigenvalue weighted by Gasteiger charge is -2.34. The molecule has 2 fully saturated rings. The largest absolute Gasteiger partial charge is 0.419 e. The Morgan fingerprint density at radius 2 is 1.82 bits per heavy atom. The molecule has 1 amide bonds. The number of alkyl halides is 3. The monoisotopic (exact) mass is 402 g/mol. The second-order valence-electron chi connectivity index (χ2n) is 7.49. The Hall–Kier alpha value is -2.10. The van der Waals surface area contributed by atoms with Crippen LogP contribution < -0.4 is 5.32 Å². The van der Waals surface area contributed by atoms with Crippen LogP contribution in [0.25, 0.3) is 0 Å². The Labute approximate surface area is 158 Å². The topological polar surface area (TPSA) is 57.1 Å². The number of hydrogen-bond acceptors (Lipinski definition) is 4. The van der Waals surface area contributed by atoms with Gasteiger partial charge >= 0.3 is 6.18 Å². The molecule has 1 N–H and O–H groups in total. The number of azo groups is 1. The Kier molecular flexibility index (Phi) is 4.84. The number of carbonyl (C=O) groups excluding carboxylic acids is 1. The molecular weight excluding hydrogens is 383 g/mol. The molecule has 2 saturated heterocycles. The fourth-order valence-electron chi connectivity index (χ4n) is 4.40. The number of carbonyl (C=O) groups is 1. The third-order valence-electron chi connectivity index (χ3n) is 5.88. The molecule has 3 aliphatic rings. The number of nitrogens with one attached hydrogen (secondary N) is 1. The summed E-state index contributed by atoms with van der Waals surface area (Å²) in [6.07, 6.45) is -4.49. The summed E-state index contributed by atoms with van der Waals surface area (Å²) in [4.78, 5) is 14.4. The first-order chi connectivity index (χ1) is 13.3. The minimum atomic E-state index is -4.98. The summed E-state index contributed by atoms with van der Waals surface area (Å²) in [5.74, 6) is -4.13. The maximum absolute atomic E-state index is 13.9. The third kappa shape index (κ3) is 3.27. The van der Waals surface area contributed by atoms with Crippen molar-refractivity contribution in [2.75, 3.05) is 26.2 Å². The second kappa shape index (κ2) is 7.06. The first-order valence-corrected chi connectivity index (χ1v) is 9.22. The minimum Gasteiger partial charge on any atom is -0.341 e. The van der Waals surface area contributed by atoms with Gasteiger partial charge in [0, 0.05) is 32.1 Å². The average Bonchev–Trinajstić information content (AvgIpc) is 3.26. The van der Waals surface area contributed by atoms with Crippen LogP contribution in [0.15, 0.2) is 22.4 Å². The van der Waals surface area contributed by atoms with Crippen LogP contribution in [-0.2, 0) is 11.0 Å². The number of halogens is 5. The van der Waals surface area contributed by atoms with Crippen LogP contribution >= 0.6 is 0 Å². The van der Waals surface area contributed by atoms with Gasteiger partial charge in [0.2, 0.25) is 5.91 Å². The van der Waals surface area contributed by atoms with E-state index in [0.717, 1.165) is 12.1 Å². The van der Waals surface area contributed by atoms with Crippen molar-refractivity contribution in [3.05, 3.63) is 34.9 Å². The molecule has 0 aliphatic carbocycles. The van der Waals surface area contributed by atoms with Gasteiger partial charge in [-0.05, 0) is 30.4 Å². The molecular formula is C18H19F5N4O. The minimum absolute atomic E-state index is 0.00280. The lowest BCUT2D eigenvalue weighted by Crippen LogP contribution is -2.45.